The van der Waals surface area contributed by atoms with Crippen molar-refractivity contribution in [1.82, 2.24) is 15.3 Å². The summed E-state index contributed by atoms with van der Waals surface area (Å²) in [6, 6.07) is 16.5. The molecule has 5 nitrogen and oxygen atoms in total. The van der Waals surface area contributed by atoms with Crippen LogP contribution in [0.25, 0.3) is 11.3 Å². The van der Waals surface area contributed by atoms with Gasteiger partial charge in [-0.3, -0.25) is 4.79 Å². The lowest BCUT2D eigenvalue weighted by Crippen LogP contribution is -2.36. The molecule has 0 aliphatic rings. The van der Waals surface area contributed by atoms with Gasteiger partial charge in [-0.1, -0.05) is 53.5 Å². The highest BCUT2D eigenvalue weighted by Crippen LogP contribution is 2.28. The number of nitrogens with one attached hydrogen (secondary N) is 1. The molecule has 1 heterocycles. The molecule has 0 bridgehead atoms. The number of carbonyl (C=O) groups is 1. The number of ether oxygens (including phenoxy) is 1. The summed E-state index contributed by atoms with van der Waals surface area (Å²) in [6.45, 7) is 1.92. The SMILES string of the molecule is CC(Oc1ccc(Cl)cc1Cl)C(=O)NCc1cc(-c2ccccc2)ncn1. The first-order valence-corrected chi connectivity index (χ1v) is 9.04. The van der Waals surface area contributed by atoms with E-state index in [0.717, 1.165) is 11.3 Å². The molecule has 138 valence electrons. The summed E-state index contributed by atoms with van der Waals surface area (Å²) < 4.78 is 5.61. The smallest absolute Gasteiger partial charge is 0.261 e. The first-order valence-electron chi connectivity index (χ1n) is 8.28. The number of rotatable bonds is 6. The summed E-state index contributed by atoms with van der Waals surface area (Å²) in [5.41, 5.74) is 2.49. The van der Waals surface area contributed by atoms with Crippen LogP contribution >= 0.6 is 23.2 Å². The Hall–Kier alpha value is -2.63. The molecule has 7 heteroatoms. The van der Waals surface area contributed by atoms with Crippen LogP contribution in [0.2, 0.25) is 10.0 Å². The average molecular weight is 402 g/mol. The van der Waals surface area contributed by atoms with E-state index in [1.807, 2.05) is 36.4 Å². The summed E-state index contributed by atoms with van der Waals surface area (Å²) >= 11 is 11.9. The first-order chi connectivity index (χ1) is 13.0. The maximum Gasteiger partial charge on any atom is 0.261 e. The quantitative estimate of drug-likeness (QED) is 0.658. The van der Waals surface area contributed by atoms with E-state index in [1.54, 1.807) is 25.1 Å². The number of hydrogen-bond donors (Lipinski definition) is 1. The van der Waals surface area contributed by atoms with E-state index in [0.29, 0.717) is 21.5 Å². The minimum atomic E-state index is -0.723. The Balaban J connectivity index is 1.60. The molecule has 0 saturated heterocycles. The van der Waals surface area contributed by atoms with Gasteiger partial charge in [-0.15, -0.1) is 0 Å². The van der Waals surface area contributed by atoms with Gasteiger partial charge in [-0.2, -0.15) is 0 Å². The van der Waals surface area contributed by atoms with Crippen molar-refractivity contribution >= 4 is 29.1 Å². The molecule has 1 aromatic heterocycles. The van der Waals surface area contributed by atoms with Crippen molar-refractivity contribution in [2.24, 2.45) is 0 Å². The number of hydrogen-bond acceptors (Lipinski definition) is 4. The molecular formula is C20H17Cl2N3O2. The van der Waals surface area contributed by atoms with Gasteiger partial charge in [0.15, 0.2) is 6.10 Å². The highest BCUT2D eigenvalue weighted by Gasteiger charge is 2.16. The number of carbonyl (C=O) groups excluding carboxylic acids is 1. The van der Waals surface area contributed by atoms with E-state index in [9.17, 15) is 4.79 Å². The number of nitrogens with zero attached hydrogens (tertiary/aromatic N) is 2. The van der Waals surface area contributed by atoms with Crippen LogP contribution in [0.3, 0.4) is 0 Å². The standard InChI is InChI=1S/C20H17Cl2N3O2/c1-13(27-19-8-7-15(21)9-17(19)22)20(26)23-11-16-10-18(25-12-24-16)14-5-3-2-4-6-14/h2-10,12-13H,11H2,1H3,(H,23,26). The third-order valence-corrected chi connectivity index (χ3v) is 4.33. The normalized spacial score (nSPS) is 11.7. The molecule has 1 amide bonds. The molecule has 3 aromatic rings. The molecule has 3 rings (SSSR count). The maximum atomic E-state index is 12.3. The second kappa shape index (κ2) is 8.84. The summed E-state index contributed by atoms with van der Waals surface area (Å²) in [6.07, 6.45) is 0.760. The minimum absolute atomic E-state index is 0.267. The molecule has 0 radical (unpaired) electrons. The fourth-order valence-corrected chi connectivity index (χ4v) is 2.85. The molecule has 27 heavy (non-hydrogen) atoms. The summed E-state index contributed by atoms with van der Waals surface area (Å²) in [7, 11) is 0. The van der Waals surface area contributed by atoms with E-state index in [4.69, 9.17) is 27.9 Å². The number of benzene rings is 2. The van der Waals surface area contributed by atoms with Crippen LogP contribution in [-0.2, 0) is 11.3 Å². The first kappa shape index (κ1) is 19.1. The third kappa shape index (κ3) is 5.18. The van der Waals surface area contributed by atoms with Gasteiger partial charge < -0.3 is 10.1 Å². The van der Waals surface area contributed by atoms with E-state index >= 15 is 0 Å². The number of halogens is 2. The van der Waals surface area contributed by atoms with E-state index in [-0.39, 0.29) is 12.5 Å². The van der Waals surface area contributed by atoms with Gasteiger partial charge in [0, 0.05) is 10.6 Å². The second-order valence-electron chi connectivity index (χ2n) is 5.81. The van der Waals surface area contributed by atoms with Gasteiger partial charge in [-0.05, 0) is 31.2 Å². The van der Waals surface area contributed by atoms with Gasteiger partial charge in [0.1, 0.15) is 12.1 Å². The van der Waals surface area contributed by atoms with Gasteiger partial charge in [0.2, 0.25) is 0 Å². The van der Waals surface area contributed by atoms with Crippen molar-refractivity contribution in [2.75, 3.05) is 0 Å². The van der Waals surface area contributed by atoms with Crippen molar-refractivity contribution in [2.45, 2.75) is 19.6 Å². The number of aromatic nitrogens is 2. The molecule has 2 aromatic carbocycles. The molecular weight excluding hydrogens is 385 g/mol. The maximum absolute atomic E-state index is 12.3. The van der Waals surface area contributed by atoms with E-state index in [1.165, 1.54) is 6.33 Å². The third-order valence-electron chi connectivity index (χ3n) is 3.80. The molecule has 1 N–H and O–H groups in total. The molecule has 0 spiro atoms. The summed E-state index contributed by atoms with van der Waals surface area (Å²) in [5.74, 6) is 0.123. The predicted octanol–water partition coefficient (Wildman–Crippen LogP) is 4.53. The van der Waals surface area contributed by atoms with E-state index in [2.05, 4.69) is 15.3 Å². The Bertz CT molecular complexity index is 936. The molecule has 0 fully saturated rings. The van der Waals surface area contributed by atoms with E-state index < -0.39 is 6.10 Å². The Kier molecular flexibility index (Phi) is 6.27. The van der Waals surface area contributed by atoms with Gasteiger partial charge in [0.05, 0.1) is 23.0 Å². The summed E-state index contributed by atoms with van der Waals surface area (Å²) in [4.78, 5) is 20.8. The van der Waals surface area contributed by atoms with Gasteiger partial charge in [-0.25, -0.2) is 9.97 Å². The average Bonchev–Trinajstić information content (AvgIpc) is 2.69. The molecule has 1 unspecified atom stereocenters. The van der Waals surface area contributed by atoms with Crippen molar-refractivity contribution in [3.05, 3.63) is 76.7 Å². The van der Waals surface area contributed by atoms with Crippen LogP contribution in [-0.4, -0.2) is 22.0 Å². The zero-order valence-corrected chi connectivity index (χ0v) is 16.0. The van der Waals surface area contributed by atoms with Crippen LogP contribution in [0.4, 0.5) is 0 Å². The van der Waals surface area contributed by atoms with Crippen LogP contribution in [0.5, 0.6) is 5.75 Å². The molecule has 0 aliphatic heterocycles. The van der Waals surface area contributed by atoms with Crippen molar-refractivity contribution < 1.29 is 9.53 Å². The minimum Gasteiger partial charge on any atom is -0.479 e. The molecule has 0 aliphatic carbocycles. The van der Waals surface area contributed by atoms with Crippen molar-refractivity contribution in [1.29, 1.82) is 0 Å². The van der Waals surface area contributed by atoms with Crippen molar-refractivity contribution in [3.8, 4) is 17.0 Å². The lowest BCUT2D eigenvalue weighted by Gasteiger charge is -2.15. The second-order valence-corrected chi connectivity index (χ2v) is 6.66. The lowest BCUT2D eigenvalue weighted by molar-refractivity contribution is -0.127. The van der Waals surface area contributed by atoms with Crippen LogP contribution < -0.4 is 10.1 Å². The number of amides is 1. The van der Waals surface area contributed by atoms with Crippen LogP contribution in [0, 0.1) is 0 Å². The highest BCUT2D eigenvalue weighted by molar-refractivity contribution is 6.35. The zero-order valence-electron chi connectivity index (χ0n) is 14.5. The Labute approximate surface area is 167 Å². The van der Waals surface area contributed by atoms with Crippen LogP contribution in [0.1, 0.15) is 12.6 Å². The fraction of sp³-hybridized carbons (Fsp3) is 0.150. The fourth-order valence-electron chi connectivity index (χ4n) is 2.40. The van der Waals surface area contributed by atoms with Gasteiger partial charge >= 0.3 is 0 Å². The Morgan fingerprint density at radius 3 is 2.63 bits per heavy atom. The predicted molar refractivity (Wildman–Crippen MR) is 106 cm³/mol. The van der Waals surface area contributed by atoms with Gasteiger partial charge in [0.25, 0.3) is 5.91 Å². The topological polar surface area (TPSA) is 64.1 Å². The molecule has 1 atom stereocenters. The Morgan fingerprint density at radius 2 is 1.89 bits per heavy atom. The monoisotopic (exact) mass is 401 g/mol. The largest absolute Gasteiger partial charge is 0.479 e. The Morgan fingerprint density at radius 1 is 1.11 bits per heavy atom. The lowest BCUT2D eigenvalue weighted by atomic mass is 10.1. The molecule has 0 saturated carbocycles. The highest BCUT2D eigenvalue weighted by atomic mass is 35.5. The summed E-state index contributed by atoms with van der Waals surface area (Å²) in [5, 5.41) is 3.66. The van der Waals surface area contributed by atoms with Crippen LogP contribution in [0.15, 0.2) is 60.9 Å². The van der Waals surface area contributed by atoms with Crippen molar-refractivity contribution in [3.63, 3.8) is 0 Å². The zero-order chi connectivity index (χ0) is 19.2.